The summed E-state index contributed by atoms with van der Waals surface area (Å²) in [6, 6.07) is 0.739. The van der Waals surface area contributed by atoms with Crippen LogP contribution in [0, 0.1) is 23.4 Å². The average molecular weight is 525 g/mol. The Morgan fingerprint density at radius 2 is 1.78 bits per heavy atom. The van der Waals surface area contributed by atoms with E-state index in [1.165, 1.54) is 10.5 Å². The molecule has 1 aromatic carbocycles. The molecule has 1 atom stereocenters. The Bertz CT molecular complexity index is 1370. The van der Waals surface area contributed by atoms with E-state index in [0.29, 0.717) is 47.9 Å². The van der Waals surface area contributed by atoms with Crippen molar-refractivity contribution in [1.82, 2.24) is 23.8 Å². The molecule has 1 aliphatic heterocycles. The van der Waals surface area contributed by atoms with Crippen LogP contribution in [0.2, 0.25) is 0 Å². The van der Waals surface area contributed by atoms with Crippen molar-refractivity contribution in [1.29, 1.82) is 0 Å². The summed E-state index contributed by atoms with van der Waals surface area (Å²) in [6.07, 6.45) is 6.65. The first-order valence-corrected chi connectivity index (χ1v) is 13.7. The lowest BCUT2D eigenvalue weighted by molar-refractivity contribution is 0.108. The molecule has 194 valence electrons. The summed E-state index contributed by atoms with van der Waals surface area (Å²) in [7, 11) is -3.44. The normalized spacial score (nSPS) is 23.4. The summed E-state index contributed by atoms with van der Waals surface area (Å²) >= 11 is 0. The Kier molecular flexibility index (Phi) is 6.64. The molecule has 0 radical (unpaired) electrons. The largest absolute Gasteiger partial charge is 0.393 e. The predicted molar refractivity (Wildman–Crippen MR) is 127 cm³/mol. The third-order valence-corrected chi connectivity index (χ3v) is 8.24. The van der Waals surface area contributed by atoms with Gasteiger partial charge in [-0.3, -0.25) is 4.57 Å². The molecule has 36 heavy (non-hydrogen) atoms. The van der Waals surface area contributed by atoms with Crippen molar-refractivity contribution in [3.63, 3.8) is 0 Å². The van der Waals surface area contributed by atoms with E-state index in [0.717, 1.165) is 31.9 Å². The highest BCUT2D eigenvalue weighted by Gasteiger charge is 2.33. The number of aliphatic hydroxyl groups excluding tert-OH is 1. The van der Waals surface area contributed by atoms with E-state index in [9.17, 15) is 26.7 Å². The van der Waals surface area contributed by atoms with Crippen molar-refractivity contribution >= 4 is 32.8 Å². The summed E-state index contributed by atoms with van der Waals surface area (Å²) in [5.41, 5.74) is 0.225. The minimum absolute atomic E-state index is 0.0574. The second-order valence-electron chi connectivity index (χ2n) is 9.61. The molecule has 2 aliphatic rings. The van der Waals surface area contributed by atoms with Gasteiger partial charge in [-0.25, -0.2) is 40.8 Å². The SMILES string of the molecule is CS(=O)(=O)N1CC[C@@H](n2c(Nc3c(F)cc(F)cc3F)nc3cnc(CC4CCC(O)CC4)nc32)C1. The molecular weight excluding hydrogens is 497 g/mol. The molecule has 0 unspecified atom stereocenters. The van der Waals surface area contributed by atoms with Gasteiger partial charge in [0.1, 0.15) is 22.8 Å². The number of fused-ring (bicyclic) bond motifs is 1. The number of aliphatic hydroxyl groups is 1. The van der Waals surface area contributed by atoms with Gasteiger partial charge in [0.2, 0.25) is 16.0 Å². The van der Waals surface area contributed by atoms with E-state index in [1.54, 1.807) is 4.57 Å². The maximum Gasteiger partial charge on any atom is 0.211 e. The Labute approximate surface area is 206 Å². The average Bonchev–Trinajstić information content (AvgIpc) is 3.42. The first kappa shape index (κ1) is 24.9. The number of aromatic nitrogens is 4. The molecule has 5 rings (SSSR count). The van der Waals surface area contributed by atoms with Gasteiger partial charge in [-0.15, -0.1) is 0 Å². The highest BCUT2D eigenvalue weighted by molar-refractivity contribution is 7.88. The minimum Gasteiger partial charge on any atom is -0.393 e. The van der Waals surface area contributed by atoms with Gasteiger partial charge < -0.3 is 10.4 Å². The zero-order valence-electron chi connectivity index (χ0n) is 19.7. The summed E-state index contributed by atoms with van der Waals surface area (Å²) in [5, 5.41) is 12.4. The second-order valence-corrected chi connectivity index (χ2v) is 11.6. The second kappa shape index (κ2) is 9.60. The van der Waals surface area contributed by atoms with Gasteiger partial charge in [0.25, 0.3) is 0 Å². The molecule has 2 fully saturated rings. The van der Waals surface area contributed by atoms with Crippen LogP contribution in [0.25, 0.3) is 11.2 Å². The van der Waals surface area contributed by atoms with Gasteiger partial charge in [-0.1, -0.05) is 0 Å². The van der Waals surface area contributed by atoms with E-state index in [2.05, 4.69) is 15.3 Å². The molecule has 3 heterocycles. The van der Waals surface area contributed by atoms with E-state index >= 15 is 0 Å². The molecule has 3 aromatic rings. The Morgan fingerprint density at radius 3 is 2.42 bits per heavy atom. The zero-order chi connectivity index (χ0) is 25.6. The molecule has 1 saturated heterocycles. The number of hydrogen-bond donors (Lipinski definition) is 2. The number of nitrogens with one attached hydrogen (secondary N) is 1. The molecule has 0 amide bonds. The van der Waals surface area contributed by atoms with Gasteiger partial charge in [-0.2, -0.15) is 0 Å². The lowest BCUT2D eigenvalue weighted by atomic mass is 9.85. The monoisotopic (exact) mass is 524 g/mol. The van der Waals surface area contributed by atoms with Crippen LogP contribution in [-0.2, 0) is 16.4 Å². The topological polar surface area (TPSA) is 113 Å². The highest BCUT2D eigenvalue weighted by atomic mass is 32.2. The summed E-state index contributed by atoms with van der Waals surface area (Å²) in [4.78, 5) is 13.6. The van der Waals surface area contributed by atoms with Crippen LogP contribution in [0.15, 0.2) is 18.3 Å². The van der Waals surface area contributed by atoms with Gasteiger partial charge in [0, 0.05) is 31.6 Å². The smallest absolute Gasteiger partial charge is 0.211 e. The van der Waals surface area contributed by atoms with Crippen LogP contribution >= 0.6 is 0 Å². The van der Waals surface area contributed by atoms with Crippen molar-refractivity contribution in [3.8, 4) is 0 Å². The first-order chi connectivity index (χ1) is 17.1. The van der Waals surface area contributed by atoms with Crippen LogP contribution < -0.4 is 5.32 Å². The summed E-state index contributed by atoms with van der Waals surface area (Å²) in [5.74, 6) is -2.33. The number of sulfonamides is 1. The fourth-order valence-corrected chi connectivity index (χ4v) is 5.94. The molecule has 9 nitrogen and oxygen atoms in total. The fourth-order valence-electron chi connectivity index (χ4n) is 5.06. The van der Waals surface area contributed by atoms with Crippen LogP contribution in [0.4, 0.5) is 24.8 Å². The first-order valence-electron chi connectivity index (χ1n) is 11.9. The Hall–Kier alpha value is -2.77. The maximum atomic E-state index is 14.4. The van der Waals surface area contributed by atoms with Gasteiger partial charge in [0.05, 0.1) is 24.6 Å². The van der Waals surface area contributed by atoms with Gasteiger partial charge in [-0.05, 0) is 38.0 Å². The molecule has 2 N–H and O–H groups in total. The number of nitrogens with zero attached hydrogens (tertiary/aromatic N) is 5. The van der Waals surface area contributed by atoms with E-state index in [-0.39, 0.29) is 25.1 Å². The van der Waals surface area contributed by atoms with Crippen LogP contribution in [-0.4, -0.2) is 62.8 Å². The number of halogens is 3. The third-order valence-electron chi connectivity index (χ3n) is 6.97. The van der Waals surface area contributed by atoms with E-state index < -0.39 is 39.2 Å². The van der Waals surface area contributed by atoms with Crippen LogP contribution in [0.3, 0.4) is 0 Å². The van der Waals surface area contributed by atoms with Crippen LogP contribution in [0.5, 0.6) is 0 Å². The summed E-state index contributed by atoms with van der Waals surface area (Å²) < 4.78 is 69.5. The lowest BCUT2D eigenvalue weighted by Gasteiger charge is -2.24. The number of imidazole rings is 1. The number of rotatable bonds is 6. The van der Waals surface area contributed by atoms with Crippen molar-refractivity contribution in [2.45, 2.75) is 50.7 Å². The Balaban J connectivity index is 1.54. The number of anilines is 2. The third kappa shape index (κ3) is 5.04. The summed E-state index contributed by atoms with van der Waals surface area (Å²) in [6.45, 7) is 0.428. The molecule has 0 spiro atoms. The molecule has 1 aliphatic carbocycles. The maximum absolute atomic E-state index is 14.4. The van der Waals surface area contributed by atoms with Gasteiger partial charge >= 0.3 is 0 Å². The van der Waals surface area contributed by atoms with E-state index in [1.807, 2.05) is 0 Å². The van der Waals surface area contributed by atoms with Crippen molar-refractivity contribution in [3.05, 3.63) is 41.6 Å². The Morgan fingerprint density at radius 1 is 1.08 bits per heavy atom. The van der Waals surface area contributed by atoms with Crippen LogP contribution in [0.1, 0.15) is 44.0 Å². The van der Waals surface area contributed by atoms with Crippen molar-refractivity contribution < 1.29 is 26.7 Å². The van der Waals surface area contributed by atoms with Crippen molar-refractivity contribution in [2.75, 3.05) is 24.7 Å². The molecular formula is C23H27F3N6O3S. The van der Waals surface area contributed by atoms with E-state index in [4.69, 9.17) is 4.98 Å². The molecule has 2 aromatic heterocycles. The predicted octanol–water partition coefficient (Wildman–Crippen LogP) is 3.29. The highest BCUT2D eigenvalue weighted by Crippen LogP contribution is 2.34. The quantitative estimate of drug-likeness (QED) is 0.509. The molecule has 13 heteroatoms. The minimum atomic E-state index is -3.44. The molecule has 0 bridgehead atoms. The standard InChI is InChI=1S/C23H27F3N6O3S/c1-36(34,35)31-7-6-15(12-31)32-22-19(11-27-20(29-22)8-13-2-4-16(33)5-3-13)28-23(32)30-21-17(25)9-14(24)10-18(21)26/h9-11,13,15-16,33H,2-8,12H2,1H3,(H,28,30)/t13?,15-,16?/m1/s1. The lowest BCUT2D eigenvalue weighted by Crippen LogP contribution is -2.28. The fraction of sp³-hybridized carbons (Fsp3) is 0.522. The zero-order valence-corrected chi connectivity index (χ0v) is 20.5. The number of benzene rings is 1. The molecule has 1 saturated carbocycles. The van der Waals surface area contributed by atoms with Crippen molar-refractivity contribution in [2.24, 2.45) is 5.92 Å². The number of hydrogen-bond acceptors (Lipinski definition) is 7. The van der Waals surface area contributed by atoms with Gasteiger partial charge in [0.15, 0.2) is 17.3 Å².